The van der Waals surface area contributed by atoms with E-state index < -0.39 is 0 Å². The van der Waals surface area contributed by atoms with E-state index in [1.54, 1.807) is 6.20 Å². The van der Waals surface area contributed by atoms with Crippen molar-refractivity contribution in [3.8, 4) is 0 Å². The second kappa shape index (κ2) is 5.17. The van der Waals surface area contributed by atoms with Crippen LogP contribution in [0.2, 0.25) is 5.02 Å². The summed E-state index contributed by atoms with van der Waals surface area (Å²) in [7, 11) is 1.98. The average Bonchev–Trinajstić information content (AvgIpc) is 2.78. The predicted molar refractivity (Wildman–Crippen MR) is 79.2 cm³/mol. The first-order valence-electron chi connectivity index (χ1n) is 6.66. The summed E-state index contributed by atoms with van der Waals surface area (Å²) in [5.74, 6) is 0. The van der Waals surface area contributed by atoms with E-state index in [1.165, 1.54) is 5.56 Å². The largest absolute Gasteiger partial charge is 0.290 e. The van der Waals surface area contributed by atoms with Crippen LogP contribution in [0.1, 0.15) is 30.6 Å². The van der Waals surface area contributed by atoms with E-state index in [1.807, 2.05) is 48.6 Å². The summed E-state index contributed by atoms with van der Waals surface area (Å²) in [4.78, 5) is 10.2. The molecule has 0 radical (unpaired) electrons. The highest BCUT2D eigenvalue weighted by molar-refractivity contribution is 6.30. The second-order valence-corrected chi connectivity index (χ2v) is 5.80. The van der Waals surface area contributed by atoms with Crippen molar-refractivity contribution in [2.24, 2.45) is 0 Å². The van der Waals surface area contributed by atoms with Crippen LogP contribution in [0.25, 0.3) is 0 Å². The van der Waals surface area contributed by atoms with Crippen LogP contribution in [0.15, 0.2) is 48.8 Å². The van der Waals surface area contributed by atoms with Gasteiger partial charge in [-0.2, -0.15) is 5.06 Å². The number of benzene rings is 1. The quantitative estimate of drug-likeness (QED) is 0.836. The molecule has 0 aliphatic carbocycles. The summed E-state index contributed by atoms with van der Waals surface area (Å²) in [5, 5.41) is 2.68. The van der Waals surface area contributed by atoms with Crippen LogP contribution in [0.3, 0.4) is 0 Å². The third-order valence-electron chi connectivity index (χ3n) is 4.09. The van der Waals surface area contributed by atoms with E-state index in [4.69, 9.17) is 16.4 Å². The Kier molecular flexibility index (Phi) is 3.50. The molecule has 1 saturated heterocycles. The maximum Gasteiger partial charge on any atom is 0.106 e. The van der Waals surface area contributed by atoms with Gasteiger partial charge in [-0.25, -0.2) is 0 Å². The molecule has 0 bridgehead atoms. The van der Waals surface area contributed by atoms with Crippen LogP contribution in [-0.2, 0) is 10.4 Å². The molecule has 1 aromatic carbocycles. The molecule has 104 valence electrons. The minimum atomic E-state index is -0.168. The Morgan fingerprint density at radius 2 is 2.05 bits per heavy atom. The van der Waals surface area contributed by atoms with Crippen molar-refractivity contribution in [1.29, 1.82) is 0 Å². The van der Waals surface area contributed by atoms with Crippen molar-refractivity contribution < 1.29 is 4.84 Å². The van der Waals surface area contributed by atoms with E-state index in [9.17, 15) is 0 Å². The molecular formula is C16H17ClN2O. The first-order valence-corrected chi connectivity index (χ1v) is 7.04. The Hall–Kier alpha value is -1.42. The smallest absolute Gasteiger partial charge is 0.106 e. The molecule has 0 spiro atoms. The molecular weight excluding hydrogens is 272 g/mol. The summed E-state index contributed by atoms with van der Waals surface area (Å²) in [5.41, 5.74) is 2.14. The van der Waals surface area contributed by atoms with Crippen LogP contribution >= 0.6 is 11.6 Å². The average molecular weight is 289 g/mol. The molecule has 1 fully saturated rings. The van der Waals surface area contributed by atoms with E-state index in [-0.39, 0.29) is 11.6 Å². The molecule has 0 amide bonds. The van der Waals surface area contributed by atoms with Gasteiger partial charge in [-0.1, -0.05) is 29.8 Å². The summed E-state index contributed by atoms with van der Waals surface area (Å²) in [6.07, 6.45) is 4.63. The Bertz CT molecular complexity index is 587. The molecule has 20 heavy (non-hydrogen) atoms. The van der Waals surface area contributed by atoms with Gasteiger partial charge in [-0.3, -0.25) is 9.82 Å². The van der Waals surface area contributed by atoms with E-state index >= 15 is 0 Å². The van der Waals surface area contributed by atoms with E-state index in [0.717, 1.165) is 17.0 Å². The lowest BCUT2D eigenvalue weighted by atomic mass is 9.87. The molecule has 4 heteroatoms. The standard InChI is InChI=1S/C16H17ClN2O/c1-16(13-4-3-9-18-11-13)10-15(20-19(16)2)12-5-7-14(17)8-6-12/h3-9,11,15H,10H2,1-2H3. The summed E-state index contributed by atoms with van der Waals surface area (Å²) in [6, 6.07) is 11.9. The first-order chi connectivity index (χ1) is 9.59. The van der Waals surface area contributed by atoms with Gasteiger partial charge in [0, 0.05) is 30.9 Å². The molecule has 2 aromatic rings. The lowest BCUT2D eigenvalue weighted by molar-refractivity contribution is -0.169. The van der Waals surface area contributed by atoms with Gasteiger partial charge in [0.1, 0.15) is 6.10 Å². The number of rotatable bonds is 2. The highest BCUT2D eigenvalue weighted by Crippen LogP contribution is 2.45. The van der Waals surface area contributed by atoms with E-state index in [2.05, 4.69) is 18.0 Å². The van der Waals surface area contributed by atoms with Gasteiger partial charge in [0.05, 0.1) is 5.54 Å². The fourth-order valence-corrected chi connectivity index (χ4v) is 2.80. The molecule has 3 nitrogen and oxygen atoms in total. The van der Waals surface area contributed by atoms with Crippen molar-refractivity contribution in [3.05, 3.63) is 64.9 Å². The van der Waals surface area contributed by atoms with Crippen molar-refractivity contribution >= 4 is 11.6 Å². The molecule has 0 N–H and O–H groups in total. The number of halogens is 1. The predicted octanol–water partition coefficient (Wildman–Crippen LogP) is 3.96. The Morgan fingerprint density at radius 3 is 2.70 bits per heavy atom. The molecule has 3 rings (SSSR count). The summed E-state index contributed by atoms with van der Waals surface area (Å²) in [6.45, 7) is 2.18. The number of nitrogens with zero attached hydrogens (tertiary/aromatic N) is 2. The number of hydroxylamine groups is 2. The molecule has 1 aromatic heterocycles. The van der Waals surface area contributed by atoms with Crippen LogP contribution in [0, 0.1) is 0 Å². The highest BCUT2D eigenvalue weighted by atomic mass is 35.5. The normalized spacial score (nSPS) is 26.9. The molecule has 2 unspecified atom stereocenters. The van der Waals surface area contributed by atoms with Crippen molar-refractivity contribution in [2.45, 2.75) is 25.0 Å². The van der Waals surface area contributed by atoms with Crippen molar-refractivity contribution in [3.63, 3.8) is 0 Å². The maximum absolute atomic E-state index is 6.02. The zero-order chi connectivity index (χ0) is 14.2. The third kappa shape index (κ3) is 2.33. The SMILES string of the molecule is CN1OC(c2ccc(Cl)cc2)CC1(C)c1cccnc1. The highest BCUT2D eigenvalue weighted by Gasteiger charge is 2.43. The molecule has 1 aliphatic rings. The molecule has 0 saturated carbocycles. The van der Waals surface area contributed by atoms with Crippen LogP contribution in [-0.4, -0.2) is 17.1 Å². The van der Waals surface area contributed by atoms with Gasteiger partial charge in [-0.15, -0.1) is 0 Å². The van der Waals surface area contributed by atoms with Crippen LogP contribution < -0.4 is 0 Å². The number of aromatic nitrogens is 1. The lowest BCUT2D eigenvalue weighted by Crippen LogP contribution is -2.34. The van der Waals surface area contributed by atoms with Crippen molar-refractivity contribution in [2.75, 3.05) is 7.05 Å². The van der Waals surface area contributed by atoms with Gasteiger partial charge < -0.3 is 0 Å². The monoisotopic (exact) mass is 288 g/mol. The fraction of sp³-hybridized carbons (Fsp3) is 0.312. The molecule has 1 aliphatic heterocycles. The zero-order valence-corrected chi connectivity index (χ0v) is 12.3. The Balaban J connectivity index is 1.88. The second-order valence-electron chi connectivity index (χ2n) is 5.36. The Labute approximate surface area is 124 Å². The third-order valence-corrected chi connectivity index (χ3v) is 4.34. The van der Waals surface area contributed by atoms with Gasteiger partial charge in [0.15, 0.2) is 0 Å². The van der Waals surface area contributed by atoms with E-state index in [0.29, 0.717) is 0 Å². The molecule has 2 atom stereocenters. The molecule has 2 heterocycles. The fourth-order valence-electron chi connectivity index (χ4n) is 2.67. The Morgan fingerprint density at radius 1 is 1.30 bits per heavy atom. The summed E-state index contributed by atoms with van der Waals surface area (Å²) < 4.78 is 0. The number of hydrogen-bond donors (Lipinski definition) is 0. The zero-order valence-electron chi connectivity index (χ0n) is 11.6. The van der Waals surface area contributed by atoms with Crippen LogP contribution in [0.4, 0.5) is 0 Å². The van der Waals surface area contributed by atoms with Crippen LogP contribution in [0.5, 0.6) is 0 Å². The topological polar surface area (TPSA) is 25.4 Å². The minimum Gasteiger partial charge on any atom is -0.290 e. The first kappa shape index (κ1) is 13.6. The lowest BCUT2D eigenvalue weighted by Gasteiger charge is -2.29. The van der Waals surface area contributed by atoms with Crippen molar-refractivity contribution in [1.82, 2.24) is 10.0 Å². The summed E-state index contributed by atoms with van der Waals surface area (Å²) >= 11 is 5.94. The van der Waals surface area contributed by atoms with Gasteiger partial charge in [-0.05, 0) is 36.2 Å². The number of hydrogen-bond acceptors (Lipinski definition) is 3. The minimum absolute atomic E-state index is 0.0440. The van der Waals surface area contributed by atoms with Gasteiger partial charge in [0.25, 0.3) is 0 Å². The van der Waals surface area contributed by atoms with Gasteiger partial charge >= 0.3 is 0 Å². The maximum atomic E-state index is 6.02. The van der Waals surface area contributed by atoms with Gasteiger partial charge in [0.2, 0.25) is 0 Å². The number of pyridine rings is 1.